The molecule has 0 saturated heterocycles. The van der Waals surface area contributed by atoms with Crippen LogP contribution in [-0.2, 0) is 0 Å². The Hall–Kier alpha value is -1.43. The highest BCUT2D eigenvalue weighted by atomic mass is 32.1. The lowest BCUT2D eigenvalue weighted by molar-refractivity contribution is 0.0958. The Morgan fingerprint density at radius 3 is 2.63 bits per heavy atom. The van der Waals surface area contributed by atoms with Gasteiger partial charge >= 0.3 is 0 Å². The number of hydrogen-bond donors (Lipinski definition) is 2. The number of anilines is 2. The van der Waals surface area contributed by atoms with Crippen molar-refractivity contribution < 1.29 is 9.53 Å². The van der Waals surface area contributed by atoms with Crippen molar-refractivity contribution in [2.45, 2.75) is 26.7 Å². The molecule has 1 aromatic rings. The predicted octanol–water partition coefficient (Wildman–Crippen LogP) is 2.32. The van der Waals surface area contributed by atoms with E-state index in [1.54, 1.807) is 7.11 Å². The minimum Gasteiger partial charge on any atom is -0.492 e. The fourth-order valence-electron chi connectivity index (χ4n) is 1.79. The number of ether oxygens (including phenoxy) is 1. The van der Waals surface area contributed by atoms with Gasteiger partial charge in [0, 0.05) is 20.1 Å². The molecule has 108 valence electrons. The molecule has 5 nitrogen and oxygen atoms in total. The fraction of sp³-hybridized carbons (Fsp3) is 0.615. The summed E-state index contributed by atoms with van der Waals surface area (Å²) in [4.78, 5) is 14.6. The molecule has 3 N–H and O–H groups in total. The zero-order valence-corrected chi connectivity index (χ0v) is 12.9. The first-order valence-electron chi connectivity index (χ1n) is 6.52. The van der Waals surface area contributed by atoms with Gasteiger partial charge in [-0.1, -0.05) is 13.8 Å². The molecule has 0 radical (unpaired) electrons. The van der Waals surface area contributed by atoms with Crippen LogP contribution in [0.5, 0.6) is 5.75 Å². The number of nitrogen functional groups attached to an aromatic ring is 1. The second kappa shape index (κ2) is 7.23. The number of hydrogen-bond acceptors (Lipinski definition) is 5. The van der Waals surface area contributed by atoms with Gasteiger partial charge in [0.25, 0.3) is 5.91 Å². The molecule has 0 aliphatic rings. The van der Waals surface area contributed by atoms with Gasteiger partial charge in [-0.2, -0.15) is 0 Å². The lowest BCUT2D eigenvalue weighted by Crippen LogP contribution is -2.23. The minimum atomic E-state index is -0.126. The molecule has 0 aromatic carbocycles. The second-order valence-electron chi connectivity index (χ2n) is 4.36. The van der Waals surface area contributed by atoms with E-state index in [4.69, 9.17) is 10.5 Å². The molecule has 0 saturated carbocycles. The summed E-state index contributed by atoms with van der Waals surface area (Å²) in [6.45, 7) is 5.67. The smallest absolute Gasteiger partial charge is 0.263 e. The third-order valence-electron chi connectivity index (χ3n) is 2.73. The summed E-state index contributed by atoms with van der Waals surface area (Å²) in [5, 5.41) is 3.75. The van der Waals surface area contributed by atoms with Gasteiger partial charge in [-0.3, -0.25) is 4.79 Å². The number of amides is 1. The molecular formula is C13H23N3O2S. The van der Waals surface area contributed by atoms with Crippen molar-refractivity contribution in [2.24, 2.45) is 0 Å². The normalized spacial score (nSPS) is 10.3. The Bertz CT molecular complexity index is 432. The fourth-order valence-corrected chi connectivity index (χ4v) is 2.88. The molecule has 6 heteroatoms. The summed E-state index contributed by atoms with van der Waals surface area (Å²) in [7, 11) is 3.56. The lowest BCUT2D eigenvalue weighted by Gasteiger charge is -2.17. The van der Waals surface area contributed by atoms with Gasteiger partial charge in [0.15, 0.2) is 5.75 Å². The molecule has 0 fully saturated rings. The molecule has 0 atom stereocenters. The van der Waals surface area contributed by atoms with Crippen LogP contribution in [0.3, 0.4) is 0 Å². The van der Waals surface area contributed by atoms with E-state index in [2.05, 4.69) is 17.1 Å². The largest absolute Gasteiger partial charge is 0.492 e. The molecule has 1 amide bonds. The zero-order valence-electron chi connectivity index (χ0n) is 12.1. The average Bonchev–Trinajstić information content (AvgIpc) is 2.73. The molecule has 0 aliphatic heterocycles. The minimum absolute atomic E-state index is 0.126. The van der Waals surface area contributed by atoms with E-state index < -0.39 is 0 Å². The van der Waals surface area contributed by atoms with Crippen LogP contribution in [0.4, 0.5) is 10.7 Å². The summed E-state index contributed by atoms with van der Waals surface area (Å²) in [5.74, 6) is 0.474. The van der Waals surface area contributed by atoms with E-state index in [-0.39, 0.29) is 5.91 Å². The predicted molar refractivity (Wildman–Crippen MR) is 81.5 cm³/mol. The number of rotatable bonds is 7. The number of methoxy groups -OCH3 is 1. The molecule has 0 unspecified atom stereocenters. The van der Waals surface area contributed by atoms with Crippen molar-refractivity contribution in [2.75, 3.05) is 37.9 Å². The Kier molecular flexibility index (Phi) is 5.95. The Labute approximate surface area is 118 Å². The summed E-state index contributed by atoms with van der Waals surface area (Å²) in [6.07, 6.45) is 1.92. The summed E-state index contributed by atoms with van der Waals surface area (Å²) in [6, 6.07) is 0. The van der Waals surface area contributed by atoms with Crippen molar-refractivity contribution in [3.8, 4) is 5.75 Å². The molecule has 19 heavy (non-hydrogen) atoms. The summed E-state index contributed by atoms with van der Waals surface area (Å²) in [5.41, 5.74) is 6.45. The van der Waals surface area contributed by atoms with Gasteiger partial charge in [0.05, 0.1) is 7.11 Å². The van der Waals surface area contributed by atoms with Crippen LogP contribution in [0.25, 0.3) is 0 Å². The Morgan fingerprint density at radius 1 is 1.42 bits per heavy atom. The van der Waals surface area contributed by atoms with Crippen LogP contribution in [0.15, 0.2) is 0 Å². The highest BCUT2D eigenvalue weighted by Crippen LogP contribution is 2.44. The summed E-state index contributed by atoms with van der Waals surface area (Å²) < 4.78 is 5.34. The van der Waals surface area contributed by atoms with Gasteiger partial charge < -0.3 is 20.7 Å². The maximum atomic E-state index is 12.0. The van der Waals surface area contributed by atoms with E-state index in [1.807, 2.05) is 14.0 Å². The van der Waals surface area contributed by atoms with Crippen LogP contribution < -0.4 is 20.7 Å². The van der Waals surface area contributed by atoms with Crippen LogP contribution in [0, 0.1) is 0 Å². The first-order chi connectivity index (χ1) is 9.06. The molecule has 1 aromatic heterocycles. The first kappa shape index (κ1) is 15.6. The number of carbonyl (C=O) groups excluding carboxylic acids is 1. The molecule has 1 rings (SSSR count). The molecule has 0 aliphatic carbocycles. The van der Waals surface area contributed by atoms with E-state index in [1.165, 1.54) is 11.3 Å². The number of carbonyl (C=O) groups is 1. The van der Waals surface area contributed by atoms with Crippen LogP contribution in [0.1, 0.15) is 36.4 Å². The van der Waals surface area contributed by atoms with Gasteiger partial charge in [0.2, 0.25) is 0 Å². The van der Waals surface area contributed by atoms with Gasteiger partial charge in [-0.15, -0.1) is 11.3 Å². The van der Waals surface area contributed by atoms with Crippen LogP contribution >= 0.6 is 11.3 Å². The van der Waals surface area contributed by atoms with E-state index in [0.717, 1.165) is 24.4 Å². The van der Waals surface area contributed by atoms with Crippen molar-refractivity contribution >= 4 is 27.9 Å². The number of nitrogens with zero attached hydrogens (tertiary/aromatic N) is 1. The standard InChI is InChI=1S/C13H23N3O2S/c1-5-7-15-12(17)11-9(14)10(18-4)13(19-11)16(3)8-6-2/h5-8,14H2,1-4H3,(H,15,17). The monoisotopic (exact) mass is 285 g/mol. The molecular weight excluding hydrogens is 262 g/mol. The highest BCUT2D eigenvalue weighted by Gasteiger charge is 2.23. The van der Waals surface area contributed by atoms with Gasteiger partial charge in [-0.25, -0.2) is 0 Å². The van der Waals surface area contributed by atoms with Crippen LogP contribution in [0.2, 0.25) is 0 Å². The lowest BCUT2D eigenvalue weighted by atomic mass is 10.3. The second-order valence-corrected chi connectivity index (χ2v) is 5.36. The molecule has 0 spiro atoms. The topological polar surface area (TPSA) is 67.6 Å². The van der Waals surface area contributed by atoms with Gasteiger partial charge in [-0.05, 0) is 12.8 Å². The van der Waals surface area contributed by atoms with Crippen molar-refractivity contribution in [3.05, 3.63) is 4.88 Å². The molecule has 1 heterocycles. The maximum absolute atomic E-state index is 12.0. The van der Waals surface area contributed by atoms with Crippen LogP contribution in [-0.4, -0.2) is 33.2 Å². The SMILES string of the molecule is CCCNC(=O)c1sc(N(C)CCC)c(OC)c1N. The Morgan fingerprint density at radius 2 is 2.11 bits per heavy atom. The van der Waals surface area contributed by atoms with Gasteiger partial charge in [0.1, 0.15) is 15.6 Å². The molecule has 0 bridgehead atoms. The van der Waals surface area contributed by atoms with E-state index in [0.29, 0.717) is 22.9 Å². The first-order valence-corrected chi connectivity index (χ1v) is 7.33. The van der Waals surface area contributed by atoms with E-state index >= 15 is 0 Å². The van der Waals surface area contributed by atoms with Crippen molar-refractivity contribution in [3.63, 3.8) is 0 Å². The highest BCUT2D eigenvalue weighted by molar-refractivity contribution is 7.19. The number of nitrogens with two attached hydrogens (primary N) is 1. The maximum Gasteiger partial charge on any atom is 0.263 e. The van der Waals surface area contributed by atoms with E-state index in [9.17, 15) is 4.79 Å². The zero-order chi connectivity index (χ0) is 14.4. The van der Waals surface area contributed by atoms with Crippen molar-refractivity contribution in [1.82, 2.24) is 5.32 Å². The third-order valence-corrected chi connectivity index (χ3v) is 4.03. The summed E-state index contributed by atoms with van der Waals surface area (Å²) >= 11 is 1.38. The third kappa shape index (κ3) is 3.53. The van der Waals surface area contributed by atoms with Crippen molar-refractivity contribution in [1.29, 1.82) is 0 Å². The Balaban J connectivity index is 3.04. The quantitative estimate of drug-likeness (QED) is 0.807. The number of nitrogens with one attached hydrogen (secondary N) is 1. The average molecular weight is 285 g/mol. The number of thiophene rings is 1.